The average Bonchev–Trinajstić information content (AvgIpc) is 3.19. The number of carbonyl (C=O) groups is 1. The molecule has 4 heterocycles. The number of hydrogen-bond acceptors (Lipinski definition) is 6. The van der Waals surface area contributed by atoms with Crippen LogP contribution < -0.4 is 0 Å². The highest BCUT2D eigenvalue weighted by Gasteiger charge is 2.29. The molecule has 1 aliphatic heterocycles. The van der Waals surface area contributed by atoms with Gasteiger partial charge >= 0.3 is 0 Å². The second kappa shape index (κ2) is 6.80. The molecule has 0 aromatic carbocycles. The first kappa shape index (κ1) is 15.4. The standard InChI is InChI=1S/C18H17N5O2/c24-18(14-5-2-8-20-11-14)23-9-3-6-15(12-23)17-22-21-16(25-17)13-4-1-7-19-10-13/h1-2,4-5,7-8,10-11,15H,3,6,9,12H2/t15-/m1/s1. The number of nitrogens with zero attached hydrogens (tertiary/aromatic N) is 5. The number of piperidine rings is 1. The molecule has 0 spiro atoms. The SMILES string of the molecule is O=C(c1cccnc1)N1CCC[C@@H](c2nnc(-c3cccnc3)o2)C1. The fourth-order valence-electron chi connectivity index (χ4n) is 3.04. The normalized spacial score (nSPS) is 17.4. The van der Waals surface area contributed by atoms with Gasteiger partial charge in [-0.1, -0.05) is 0 Å². The fraction of sp³-hybridized carbons (Fsp3) is 0.278. The van der Waals surface area contributed by atoms with Gasteiger partial charge in [0, 0.05) is 37.9 Å². The zero-order chi connectivity index (χ0) is 17.1. The quantitative estimate of drug-likeness (QED) is 0.731. The van der Waals surface area contributed by atoms with Gasteiger partial charge in [0.05, 0.1) is 17.0 Å². The van der Waals surface area contributed by atoms with Crippen LogP contribution in [0.15, 0.2) is 53.5 Å². The second-order valence-corrected chi connectivity index (χ2v) is 6.02. The van der Waals surface area contributed by atoms with E-state index in [0.717, 1.165) is 24.9 Å². The molecular formula is C18H17N5O2. The lowest BCUT2D eigenvalue weighted by Gasteiger charge is -2.31. The molecule has 0 aliphatic carbocycles. The summed E-state index contributed by atoms with van der Waals surface area (Å²) in [7, 11) is 0. The summed E-state index contributed by atoms with van der Waals surface area (Å²) in [4.78, 5) is 22.5. The van der Waals surface area contributed by atoms with Crippen molar-refractivity contribution in [1.82, 2.24) is 25.1 Å². The van der Waals surface area contributed by atoms with Gasteiger partial charge in [-0.25, -0.2) is 0 Å². The summed E-state index contributed by atoms with van der Waals surface area (Å²) in [6, 6.07) is 7.26. The highest BCUT2D eigenvalue weighted by molar-refractivity contribution is 5.93. The Hall–Kier alpha value is -3.09. The zero-order valence-electron chi connectivity index (χ0n) is 13.6. The summed E-state index contributed by atoms with van der Waals surface area (Å²) < 4.78 is 5.83. The van der Waals surface area contributed by atoms with Crippen molar-refractivity contribution >= 4 is 5.91 Å². The van der Waals surface area contributed by atoms with E-state index >= 15 is 0 Å². The van der Waals surface area contributed by atoms with Crippen molar-refractivity contribution in [2.24, 2.45) is 0 Å². The lowest BCUT2D eigenvalue weighted by Crippen LogP contribution is -2.39. The topological polar surface area (TPSA) is 85.0 Å². The molecule has 0 N–H and O–H groups in total. The molecule has 3 aromatic heterocycles. The summed E-state index contributed by atoms with van der Waals surface area (Å²) in [5.41, 5.74) is 1.39. The summed E-state index contributed by atoms with van der Waals surface area (Å²) in [5, 5.41) is 8.31. The average molecular weight is 335 g/mol. The molecule has 1 atom stereocenters. The molecule has 1 aliphatic rings. The molecular weight excluding hydrogens is 318 g/mol. The zero-order valence-corrected chi connectivity index (χ0v) is 13.6. The van der Waals surface area contributed by atoms with Crippen LogP contribution in [-0.2, 0) is 0 Å². The van der Waals surface area contributed by atoms with Gasteiger partial charge in [0.15, 0.2) is 0 Å². The number of carbonyl (C=O) groups excluding carboxylic acids is 1. The molecule has 1 amide bonds. The van der Waals surface area contributed by atoms with Crippen LogP contribution in [0.2, 0.25) is 0 Å². The van der Waals surface area contributed by atoms with Gasteiger partial charge in [-0.05, 0) is 37.1 Å². The predicted molar refractivity (Wildman–Crippen MR) is 89.6 cm³/mol. The monoisotopic (exact) mass is 335 g/mol. The van der Waals surface area contributed by atoms with Gasteiger partial charge < -0.3 is 9.32 Å². The first-order chi connectivity index (χ1) is 12.3. The minimum Gasteiger partial charge on any atom is -0.420 e. The third kappa shape index (κ3) is 3.26. The summed E-state index contributed by atoms with van der Waals surface area (Å²) in [6.45, 7) is 1.30. The number of aromatic nitrogens is 4. The largest absolute Gasteiger partial charge is 0.420 e. The molecule has 4 rings (SSSR count). The molecule has 25 heavy (non-hydrogen) atoms. The van der Waals surface area contributed by atoms with Crippen LogP contribution in [-0.4, -0.2) is 44.1 Å². The maximum absolute atomic E-state index is 12.6. The fourth-order valence-corrected chi connectivity index (χ4v) is 3.04. The van der Waals surface area contributed by atoms with Gasteiger partial charge in [-0.2, -0.15) is 0 Å². The van der Waals surface area contributed by atoms with Crippen LogP contribution in [0.4, 0.5) is 0 Å². The van der Waals surface area contributed by atoms with E-state index in [4.69, 9.17) is 4.42 Å². The third-order valence-corrected chi connectivity index (χ3v) is 4.32. The van der Waals surface area contributed by atoms with E-state index in [0.29, 0.717) is 23.9 Å². The van der Waals surface area contributed by atoms with Gasteiger partial charge in [0.2, 0.25) is 11.8 Å². The summed E-state index contributed by atoms with van der Waals surface area (Å²) >= 11 is 0. The Morgan fingerprint density at radius 3 is 2.72 bits per heavy atom. The number of hydrogen-bond donors (Lipinski definition) is 0. The Balaban J connectivity index is 1.50. The Labute approximate surface area is 144 Å². The van der Waals surface area contributed by atoms with Crippen LogP contribution in [0, 0.1) is 0 Å². The van der Waals surface area contributed by atoms with E-state index in [1.165, 1.54) is 0 Å². The molecule has 0 unspecified atom stereocenters. The van der Waals surface area contributed by atoms with E-state index in [1.807, 2.05) is 17.0 Å². The van der Waals surface area contributed by atoms with E-state index < -0.39 is 0 Å². The van der Waals surface area contributed by atoms with E-state index in [-0.39, 0.29) is 11.8 Å². The van der Waals surface area contributed by atoms with Crippen molar-refractivity contribution in [1.29, 1.82) is 0 Å². The van der Waals surface area contributed by atoms with E-state index in [1.54, 1.807) is 36.9 Å². The van der Waals surface area contributed by atoms with E-state index in [2.05, 4.69) is 20.2 Å². The molecule has 0 saturated carbocycles. The Morgan fingerprint density at radius 1 is 1.12 bits per heavy atom. The molecule has 7 nitrogen and oxygen atoms in total. The number of pyridine rings is 2. The van der Waals surface area contributed by atoms with Crippen molar-refractivity contribution in [2.75, 3.05) is 13.1 Å². The highest BCUT2D eigenvalue weighted by Crippen LogP contribution is 2.28. The molecule has 0 bridgehead atoms. The summed E-state index contributed by atoms with van der Waals surface area (Å²) in [5.74, 6) is 1.07. The smallest absolute Gasteiger partial charge is 0.255 e. The molecule has 3 aromatic rings. The number of rotatable bonds is 3. The first-order valence-corrected chi connectivity index (χ1v) is 8.24. The Kier molecular flexibility index (Phi) is 4.20. The van der Waals surface area contributed by atoms with Crippen LogP contribution in [0.25, 0.3) is 11.5 Å². The lowest BCUT2D eigenvalue weighted by atomic mass is 9.97. The maximum Gasteiger partial charge on any atom is 0.255 e. The van der Waals surface area contributed by atoms with Crippen LogP contribution in [0.3, 0.4) is 0 Å². The van der Waals surface area contributed by atoms with Crippen molar-refractivity contribution in [2.45, 2.75) is 18.8 Å². The van der Waals surface area contributed by atoms with E-state index in [9.17, 15) is 4.79 Å². The Morgan fingerprint density at radius 2 is 1.96 bits per heavy atom. The summed E-state index contributed by atoms with van der Waals surface area (Å²) in [6.07, 6.45) is 8.47. The van der Waals surface area contributed by atoms with Gasteiger partial charge in [-0.3, -0.25) is 14.8 Å². The minimum absolute atomic E-state index is 0.00945. The molecule has 1 fully saturated rings. The van der Waals surface area contributed by atoms with Crippen molar-refractivity contribution in [3.05, 3.63) is 60.5 Å². The lowest BCUT2D eigenvalue weighted by molar-refractivity contribution is 0.0698. The maximum atomic E-state index is 12.6. The van der Waals surface area contributed by atoms with Gasteiger partial charge in [-0.15, -0.1) is 10.2 Å². The van der Waals surface area contributed by atoms with Crippen LogP contribution in [0.5, 0.6) is 0 Å². The number of amides is 1. The van der Waals surface area contributed by atoms with Crippen LogP contribution >= 0.6 is 0 Å². The van der Waals surface area contributed by atoms with Gasteiger partial charge in [0.1, 0.15) is 0 Å². The first-order valence-electron chi connectivity index (χ1n) is 8.24. The predicted octanol–water partition coefficient (Wildman–Crippen LogP) is 2.55. The molecule has 1 saturated heterocycles. The highest BCUT2D eigenvalue weighted by atomic mass is 16.4. The van der Waals surface area contributed by atoms with Crippen molar-refractivity contribution < 1.29 is 9.21 Å². The second-order valence-electron chi connectivity index (χ2n) is 6.02. The molecule has 0 radical (unpaired) electrons. The van der Waals surface area contributed by atoms with Crippen molar-refractivity contribution in [3.8, 4) is 11.5 Å². The Bertz CT molecular complexity index is 850. The molecule has 7 heteroatoms. The third-order valence-electron chi connectivity index (χ3n) is 4.32. The van der Waals surface area contributed by atoms with Gasteiger partial charge in [0.25, 0.3) is 5.91 Å². The van der Waals surface area contributed by atoms with Crippen molar-refractivity contribution in [3.63, 3.8) is 0 Å². The number of likely N-dealkylation sites (tertiary alicyclic amines) is 1. The van der Waals surface area contributed by atoms with Crippen LogP contribution in [0.1, 0.15) is 35.0 Å². The minimum atomic E-state index is -0.00945. The molecule has 126 valence electrons.